The van der Waals surface area contributed by atoms with Crippen LogP contribution in [-0.2, 0) is 11.2 Å². The van der Waals surface area contributed by atoms with Crippen molar-refractivity contribution < 1.29 is 9.26 Å². The number of rotatable bonds is 4. The normalized spacial score (nSPS) is 12.4. The summed E-state index contributed by atoms with van der Waals surface area (Å²) in [6, 6.07) is 1.94. The number of hydrogen-bond acceptors (Lipinski definition) is 5. The SMILES string of the molecule is CCOC(C#N)c1nc(CC)no1. The average molecular weight is 181 g/mol. The van der Waals surface area contributed by atoms with Crippen molar-refractivity contribution in [1.29, 1.82) is 5.26 Å². The second kappa shape index (κ2) is 4.58. The molecule has 0 radical (unpaired) electrons. The maximum atomic E-state index is 8.69. The number of ether oxygens (including phenoxy) is 1. The first kappa shape index (κ1) is 9.68. The van der Waals surface area contributed by atoms with Gasteiger partial charge < -0.3 is 9.26 Å². The van der Waals surface area contributed by atoms with Gasteiger partial charge in [0.1, 0.15) is 6.07 Å². The van der Waals surface area contributed by atoms with E-state index in [2.05, 4.69) is 10.1 Å². The van der Waals surface area contributed by atoms with Crippen LogP contribution in [0.4, 0.5) is 0 Å². The second-order valence-corrected chi connectivity index (χ2v) is 2.37. The molecule has 0 aliphatic rings. The first-order valence-electron chi connectivity index (χ1n) is 4.15. The average Bonchev–Trinajstić information content (AvgIpc) is 2.62. The smallest absolute Gasteiger partial charge is 0.270 e. The van der Waals surface area contributed by atoms with Gasteiger partial charge in [-0.3, -0.25) is 0 Å². The van der Waals surface area contributed by atoms with Crippen LogP contribution in [0.15, 0.2) is 4.52 Å². The summed E-state index contributed by atoms with van der Waals surface area (Å²) < 4.78 is 9.93. The lowest BCUT2D eigenvalue weighted by Gasteiger charge is -2.01. The Kier molecular flexibility index (Phi) is 3.41. The maximum absolute atomic E-state index is 8.69. The van der Waals surface area contributed by atoms with Gasteiger partial charge in [-0.05, 0) is 6.92 Å². The van der Waals surface area contributed by atoms with Crippen molar-refractivity contribution in [3.05, 3.63) is 11.7 Å². The lowest BCUT2D eigenvalue weighted by molar-refractivity contribution is 0.0771. The fourth-order valence-electron chi connectivity index (χ4n) is 0.848. The highest BCUT2D eigenvalue weighted by molar-refractivity contribution is 5.00. The topological polar surface area (TPSA) is 71.9 Å². The minimum atomic E-state index is -0.738. The van der Waals surface area contributed by atoms with Gasteiger partial charge in [0.15, 0.2) is 5.82 Å². The van der Waals surface area contributed by atoms with E-state index in [9.17, 15) is 0 Å². The highest BCUT2D eigenvalue weighted by Gasteiger charge is 2.17. The summed E-state index contributed by atoms with van der Waals surface area (Å²) in [5, 5.41) is 12.4. The molecule has 0 saturated carbocycles. The molecule has 13 heavy (non-hydrogen) atoms. The zero-order valence-corrected chi connectivity index (χ0v) is 7.65. The van der Waals surface area contributed by atoms with E-state index in [-0.39, 0.29) is 5.89 Å². The molecule has 5 heteroatoms. The van der Waals surface area contributed by atoms with Crippen molar-refractivity contribution in [1.82, 2.24) is 10.1 Å². The van der Waals surface area contributed by atoms with Crippen molar-refractivity contribution in [3.63, 3.8) is 0 Å². The molecular formula is C8H11N3O2. The number of aromatic nitrogens is 2. The third-order valence-electron chi connectivity index (χ3n) is 1.47. The van der Waals surface area contributed by atoms with E-state index in [0.29, 0.717) is 18.9 Å². The summed E-state index contributed by atoms with van der Waals surface area (Å²) >= 11 is 0. The molecule has 0 aromatic carbocycles. The first-order chi connectivity index (χ1) is 6.31. The van der Waals surface area contributed by atoms with Gasteiger partial charge in [-0.25, -0.2) is 0 Å². The first-order valence-corrected chi connectivity index (χ1v) is 4.15. The molecule has 0 spiro atoms. The van der Waals surface area contributed by atoms with Crippen LogP contribution in [-0.4, -0.2) is 16.7 Å². The Bertz CT molecular complexity index is 303. The van der Waals surface area contributed by atoms with Gasteiger partial charge in [0.25, 0.3) is 5.89 Å². The zero-order chi connectivity index (χ0) is 9.68. The molecule has 1 atom stereocenters. The molecule has 0 aliphatic carbocycles. The van der Waals surface area contributed by atoms with E-state index in [1.165, 1.54) is 0 Å². The molecule has 1 aromatic heterocycles. The van der Waals surface area contributed by atoms with E-state index >= 15 is 0 Å². The monoisotopic (exact) mass is 181 g/mol. The molecular weight excluding hydrogens is 170 g/mol. The maximum Gasteiger partial charge on any atom is 0.270 e. The van der Waals surface area contributed by atoms with E-state index < -0.39 is 6.10 Å². The van der Waals surface area contributed by atoms with Gasteiger partial charge in [-0.1, -0.05) is 12.1 Å². The highest BCUT2D eigenvalue weighted by Crippen LogP contribution is 2.13. The van der Waals surface area contributed by atoms with Crippen molar-refractivity contribution in [2.24, 2.45) is 0 Å². The van der Waals surface area contributed by atoms with Crippen molar-refractivity contribution >= 4 is 0 Å². The van der Waals surface area contributed by atoms with Gasteiger partial charge in [-0.2, -0.15) is 10.2 Å². The van der Waals surface area contributed by atoms with Crippen LogP contribution in [0, 0.1) is 11.3 Å². The van der Waals surface area contributed by atoms with Gasteiger partial charge >= 0.3 is 0 Å². The number of nitrogens with zero attached hydrogens (tertiary/aromatic N) is 3. The summed E-state index contributed by atoms with van der Waals surface area (Å²) in [6.45, 7) is 4.17. The number of aryl methyl sites for hydroxylation is 1. The second-order valence-electron chi connectivity index (χ2n) is 2.37. The molecule has 0 aliphatic heterocycles. The van der Waals surface area contributed by atoms with Crippen molar-refractivity contribution in [3.8, 4) is 6.07 Å². The molecule has 5 nitrogen and oxygen atoms in total. The van der Waals surface area contributed by atoms with Gasteiger partial charge in [-0.15, -0.1) is 0 Å². The van der Waals surface area contributed by atoms with Crippen LogP contribution in [0.2, 0.25) is 0 Å². The third kappa shape index (κ3) is 2.26. The van der Waals surface area contributed by atoms with Crippen LogP contribution >= 0.6 is 0 Å². The molecule has 0 bridgehead atoms. The molecule has 0 saturated heterocycles. The summed E-state index contributed by atoms with van der Waals surface area (Å²) in [6.07, 6.45) is -0.0499. The predicted molar refractivity (Wildman–Crippen MR) is 43.7 cm³/mol. The fraction of sp³-hybridized carbons (Fsp3) is 0.625. The number of nitriles is 1. The van der Waals surface area contributed by atoms with E-state index in [1.54, 1.807) is 6.92 Å². The molecule has 1 heterocycles. The third-order valence-corrected chi connectivity index (χ3v) is 1.47. The lowest BCUT2D eigenvalue weighted by atomic mass is 10.4. The van der Waals surface area contributed by atoms with E-state index in [0.717, 1.165) is 0 Å². The summed E-state index contributed by atoms with van der Waals surface area (Å²) in [7, 11) is 0. The van der Waals surface area contributed by atoms with E-state index in [1.807, 2.05) is 13.0 Å². The Labute approximate surface area is 76.3 Å². The highest BCUT2D eigenvalue weighted by atomic mass is 16.5. The number of hydrogen-bond donors (Lipinski definition) is 0. The van der Waals surface area contributed by atoms with Crippen molar-refractivity contribution in [2.45, 2.75) is 26.4 Å². The molecule has 0 N–H and O–H groups in total. The van der Waals surface area contributed by atoms with Gasteiger partial charge in [0.05, 0.1) is 0 Å². The van der Waals surface area contributed by atoms with Crippen LogP contribution in [0.25, 0.3) is 0 Å². The Hall–Kier alpha value is -1.41. The Morgan fingerprint density at radius 2 is 2.38 bits per heavy atom. The minimum Gasteiger partial charge on any atom is -0.354 e. The lowest BCUT2D eigenvalue weighted by Crippen LogP contribution is -2.01. The largest absolute Gasteiger partial charge is 0.354 e. The minimum absolute atomic E-state index is 0.237. The summed E-state index contributed by atoms with van der Waals surface area (Å²) in [4.78, 5) is 3.99. The molecule has 0 amide bonds. The molecule has 70 valence electrons. The fourth-order valence-corrected chi connectivity index (χ4v) is 0.848. The Morgan fingerprint density at radius 3 is 2.85 bits per heavy atom. The molecule has 1 rings (SSSR count). The van der Waals surface area contributed by atoms with Crippen LogP contribution < -0.4 is 0 Å². The molecule has 1 unspecified atom stereocenters. The zero-order valence-electron chi connectivity index (χ0n) is 7.65. The van der Waals surface area contributed by atoms with E-state index in [4.69, 9.17) is 14.5 Å². The van der Waals surface area contributed by atoms with Crippen LogP contribution in [0.5, 0.6) is 0 Å². The predicted octanol–water partition coefficient (Wildman–Crippen LogP) is 1.23. The summed E-state index contributed by atoms with van der Waals surface area (Å²) in [5.74, 6) is 0.830. The van der Waals surface area contributed by atoms with Gasteiger partial charge in [0, 0.05) is 13.0 Å². The molecule has 1 aromatic rings. The Balaban J connectivity index is 2.74. The van der Waals surface area contributed by atoms with Crippen molar-refractivity contribution in [2.75, 3.05) is 6.61 Å². The quantitative estimate of drug-likeness (QED) is 0.698. The standard InChI is InChI=1S/C8H11N3O2/c1-3-7-10-8(13-11-7)6(5-9)12-4-2/h6H,3-4H2,1-2H3. The van der Waals surface area contributed by atoms with Crippen LogP contribution in [0.1, 0.15) is 31.7 Å². The summed E-state index contributed by atoms with van der Waals surface area (Å²) in [5.41, 5.74) is 0. The van der Waals surface area contributed by atoms with Crippen LogP contribution in [0.3, 0.4) is 0 Å². The Morgan fingerprint density at radius 1 is 1.62 bits per heavy atom. The van der Waals surface area contributed by atoms with Gasteiger partial charge in [0.2, 0.25) is 6.10 Å². The molecule has 0 fully saturated rings.